The molecule has 1 N–H and O–H groups in total. The Bertz CT molecular complexity index is 1250. The van der Waals surface area contributed by atoms with Gasteiger partial charge in [-0.15, -0.1) is 0 Å². The van der Waals surface area contributed by atoms with E-state index in [0.717, 1.165) is 6.20 Å². The fraction of sp³-hybridized carbons (Fsp3) is 0.217. The zero-order chi connectivity index (χ0) is 25.8. The SMILES string of the molecule is CCOC(=O)c1cnn(-c2ccc(C(=O)Nc3ccc(OC)cc3C(=O)OC)cc2)c1C(F)(F)F. The molecule has 0 aliphatic rings. The normalized spacial score (nSPS) is 11.0. The lowest BCUT2D eigenvalue weighted by molar-refractivity contribution is -0.143. The van der Waals surface area contributed by atoms with Gasteiger partial charge >= 0.3 is 18.1 Å². The highest BCUT2D eigenvalue weighted by atomic mass is 19.4. The van der Waals surface area contributed by atoms with Gasteiger partial charge in [0.05, 0.1) is 44.0 Å². The van der Waals surface area contributed by atoms with Crippen LogP contribution in [0.15, 0.2) is 48.7 Å². The van der Waals surface area contributed by atoms with Gasteiger partial charge in [0.2, 0.25) is 0 Å². The number of esters is 2. The van der Waals surface area contributed by atoms with Crippen molar-refractivity contribution in [1.82, 2.24) is 9.78 Å². The minimum Gasteiger partial charge on any atom is -0.497 e. The highest BCUT2D eigenvalue weighted by molar-refractivity contribution is 6.08. The van der Waals surface area contributed by atoms with Gasteiger partial charge in [0.15, 0.2) is 5.69 Å². The summed E-state index contributed by atoms with van der Waals surface area (Å²) < 4.78 is 56.1. The number of amides is 1. The van der Waals surface area contributed by atoms with E-state index in [4.69, 9.17) is 9.47 Å². The number of alkyl halides is 3. The summed E-state index contributed by atoms with van der Waals surface area (Å²) in [4.78, 5) is 36.7. The molecule has 0 fully saturated rings. The average molecular weight is 491 g/mol. The molecule has 0 atom stereocenters. The second kappa shape index (κ2) is 10.3. The van der Waals surface area contributed by atoms with E-state index in [2.05, 4.69) is 15.2 Å². The standard InChI is InChI=1S/C23H20F3N3O6/c1-4-35-22(32)17-12-27-29(19(17)23(24,25)26)14-7-5-13(6-8-14)20(30)28-18-10-9-15(33-2)11-16(18)21(31)34-3/h5-12H,4H2,1-3H3,(H,28,30). The predicted octanol–water partition coefficient (Wildman–Crippen LogP) is 4.12. The summed E-state index contributed by atoms with van der Waals surface area (Å²) in [7, 11) is 2.60. The third-order valence-electron chi connectivity index (χ3n) is 4.79. The topological polar surface area (TPSA) is 109 Å². The Kier molecular flexibility index (Phi) is 7.43. The molecule has 0 aliphatic carbocycles. The Morgan fingerprint density at radius 1 is 1.00 bits per heavy atom. The molecule has 0 spiro atoms. The quantitative estimate of drug-likeness (QED) is 0.496. The van der Waals surface area contributed by atoms with Crippen LogP contribution < -0.4 is 10.1 Å². The Morgan fingerprint density at radius 3 is 2.26 bits per heavy atom. The van der Waals surface area contributed by atoms with E-state index in [1.54, 1.807) is 0 Å². The van der Waals surface area contributed by atoms with E-state index in [-0.39, 0.29) is 29.1 Å². The molecule has 3 aromatic rings. The number of halogens is 3. The molecule has 0 saturated carbocycles. The number of nitrogens with one attached hydrogen (secondary N) is 1. The van der Waals surface area contributed by atoms with Gasteiger partial charge < -0.3 is 19.5 Å². The van der Waals surface area contributed by atoms with Gasteiger partial charge in [-0.05, 0) is 49.4 Å². The minimum absolute atomic E-state index is 0.0379. The highest BCUT2D eigenvalue weighted by Crippen LogP contribution is 2.34. The molecule has 1 aromatic heterocycles. The van der Waals surface area contributed by atoms with Crippen LogP contribution in [0.4, 0.5) is 18.9 Å². The fourth-order valence-electron chi connectivity index (χ4n) is 3.16. The predicted molar refractivity (Wildman–Crippen MR) is 117 cm³/mol. The first-order valence-corrected chi connectivity index (χ1v) is 10.1. The molecule has 0 bridgehead atoms. The van der Waals surface area contributed by atoms with Crippen LogP contribution in [0.2, 0.25) is 0 Å². The van der Waals surface area contributed by atoms with E-state index in [0.29, 0.717) is 10.4 Å². The maximum atomic E-state index is 13.7. The van der Waals surface area contributed by atoms with Crippen molar-refractivity contribution in [2.75, 3.05) is 26.1 Å². The molecule has 1 heterocycles. The number of carbonyl (C=O) groups is 3. The molecular formula is C23H20F3N3O6. The summed E-state index contributed by atoms with van der Waals surface area (Å²) in [6.07, 6.45) is -4.12. The number of aromatic nitrogens is 2. The lowest BCUT2D eigenvalue weighted by Crippen LogP contribution is -2.19. The number of ether oxygens (including phenoxy) is 3. The van der Waals surface area contributed by atoms with Crippen molar-refractivity contribution in [2.24, 2.45) is 0 Å². The molecule has 0 saturated heterocycles. The number of nitrogens with zero attached hydrogens (tertiary/aromatic N) is 2. The van der Waals surface area contributed by atoms with Gasteiger partial charge in [0.1, 0.15) is 11.3 Å². The lowest BCUT2D eigenvalue weighted by atomic mass is 10.1. The van der Waals surface area contributed by atoms with Gasteiger partial charge in [-0.1, -0.05) is 0 Å². The fourth-order valence-corrected chi connectivity index (χ4v) is 3.16. The number of methoxy groups -OCH3 is 2. The number of carbonyl (C=O) groups excluding carboxylic acids is 3. The van der Waals surface area contributed by atoms with Crippen LogP contribution in [0.3, 0.4) is 0 Å². The molecular weight excluding hydrogens is 471 g/mol. The summed E-state index contributed by atoms with van der Waals surface area (Å²) in [5.74, 6) is -2.11. The Labute approximate surface area is 197 Å². The molecule has 35 heavy (non-hydrogen) atoms. The number of hydrogen-bond acceptors (Lipinski definition) is 7. The summed E-state index contributed by atoms with van der Waals surface area (Å²) in [5, 5.41) is 6.25. The van der Waals surface area contributed by atoms with E-state index in [1.807, 2.05) is 0 Å². The van der Waals surface area contributed by atoms with Crippen LogP contribution in [-0.4, -0.2) is 48.5 Å². The van der Waals surface area contributed by atoms with E-state index >= 15 is 0 Å². The lowest BCUT2D eigenvalue weighted by Gasteiger charge is -2.13. The van der Waals surface area contributed by atoms with Gasteiger partial charge in [-0.3, -0.25) is 4.79 Å². The zero-order valence-corrected chi connectivity index (χ0v) is 18.8. The summed E-state index contributed by atoms with van der Waals surface area (Å²) in [6, 6.07) is 9.40. The second-order valence-electron chi connectivity index (χ2n) is 6.94. The molecule has 12 heteroatoms. The van der Waals surface area contributed by atoms with E-state index < -0.39 is 35.3 Å². The number of benzene rings is 2. The van der Waals surface area contributed by atoms with Gasteiger partial charge in [0, 0.05) is 5.56 Å². The Hall–Kier alpha value is -4.35. The van der Waals surface area contributed by atoms with Crippen molar-refractivity contribution in [3.8, 4) is 11.4 Å². The first-order chi connectivity index (χ1) is 16.6. The van der Waals surface area contributed by atoms with Gasteiger partial charge in [-0.25, -0.2) is 14.3 Å². The first kappa shape index (κ1) is 25.3. The van der Waals surface area contributed by atoms with E-state index in [1.165, 1.54) is 63.6 Å². The van der Waals surface area contributed by atoms with Crippen molar-refractivity contribution in [2.45, 2.75) is 13.1 Å². The maximum absolute atomic E-state index is 13.7. The third-order valence-corrected chi connectivity index (χ3v) is 4.79. The van der Waals surface area contributed by atoms with Crippen LogP contribution in [0.25, 0.3) is 5.69 Å². The largest absolute Gasteiger partial charge is 0.497 e. The van der Waals surface area contributed by atoms with Gasteiger partial charge in [-0.2, -0.15) is 18.3 Å². The van der Waals surface area contributed by atoms with Crippen molar-refractivity contribution >= 4 is 23.5 Å². The summed E-state index contributed by atoms with van der Waals surface area (Å²) in [6.45, 7) is 1.37. The third kappa shape index (κ3) is 5.42. The van der Waals surface area contributed by atoms with Crippen molar-refractivity contribution < 1.29 is 41.8 Å². The molecule has 184 valence electrons. The molecule has 1 amide bonds. The van der Waals surface area contributed by atoms with Crippen molar-refractivity contribution in [3.63, 3.8) is 0 Å². The van der Waals surface area contributed by atoms with Crippen LogP contribution >= 0.6 is 0 Å². The highest BCUT2D eigenvalue weighted by Gasteiger charge is 2.41. The smallest absolute Gasteiger partial charge is 0.434 e. The minimum atomic E-state index is -4.90. The molecule has 0 radical (unpaired) electrons. The van der Waals surface area contributed by atoms with E-state index in [9.17, 15) is 27.6 Å². The molecule has 2 aromatic carbocycles. The summed E-state index contributed by atoms with van der Waals surface area (Å²) in [5.41, 5.74) is -1.77. The Balaban J connectivity index is 1.90. The van der Waals surface area contributed by atoms with Crippen molar-refractivity contribution in [3.05, 3.63) is 71.0 Å². The maximum Gasteiger partial charge on any atom is 0.434 e. The number of anilines is 1. The van der Waals surface area contributed by atoms with Crippen LogP contribution in [0, 0.1) is 0 Å². The van der Waals surface area contributed by atoms with Gasteiger partial charge in [0.25, 0.3) is 5.91 Å². The molecule has 0 unspecified atom stereocenters. The monoisotopic (exact) mass is 491 g/mol. The van der Waals surface area contributed by atoms with Crippen LogP contribution in [0.1, 0.15) is 43.7 Å². The summed E-state index contributed by atoms with van der Waals surface area (Å²) >= 11 is 0. The first-order valence-electron chi connectivity index (χ1n) is 10.1. The molecule has 9 nitrogen and oxygen atoms in total. The van der Waals surface area contributed by atoms with Crippen LogP contribution in [-0.2, 0) is 15.7 Å². The molecule has 3 rings (SSSR count). The zero-order valence-electron chi connectivity index (χ0n) is 18.8. The number of rotatable bonds is 7. The second-order valence-corrected chi connectivity index (χ2v) is 6.94. The van der Waals surface area contributed by atoms with Crippen molar-refractivity contribution in [1.29, 1.82) is 0 Å². The number of hydrogen-bond donors (Lipinski definition) is 1. The molecule has 0 aliphatic heterocycles. The Morgan fingerprint density at radius 2 is 1.69 bits per heavy atom. The average Bonchev–Trinajstić information content (AvgIpc) is 3.30. The van der Waals surface area contributed by atoms with Crippen LogP contribution in [0.5, 0.6) is 5.75 Å².